The molecule has 0 unspecified atom stereocenters. The third-order valence-corrected chi connectivity index (χ3v) is 3.08. The molecule has 3 nitrogen and oxygen atoms in total. The molecule has 0 aliphatic carbocycles. The van der Waals surface area contributed by atoms with Crippen LogP contribution < -0.4 is 0 Å². The second-order valence-electron chi connectivity index (χ2n) is 2.08. The van der Waals surface area contributed by atoms with Crippen molar-refractivity contribution in [3.8, 4) is 0 Å². The van der Waals surface area contributed by atoms with Crippen LogP contribution in [0, 0.1) is 10.1 Å². The van der Waals surface area contributed by atoms with Gasteiger partial charge in [-0.1, -0.05) is 0 Å². The van der Waals surface area contributed by atoms with E-state index in [-0.39, 0.29) is 5.69 Å². The highest BCUT2D eigenvalue weighted by Gasteiger charge is 2.07. The molecule has 0 aliphatic heterocycles. The average molecular weight is 248 g/mol. The van der Waals surface area contributed by atoms with Crippen LogP contribution >= 0.6 is 27.7 Å². The summed E-state index contributed by atoms with van der Waals surface area (Å²) >= 11 is 4.77. The summed E-state index contributed by atoms with van der Waals surface area (Å²) in [6.45, 7) is 0. The number of benzene rings is 1. The molecule has 0 heterocycles. The van der Waals surface area contributed by atoms with Gasteiger partial charge in [0.1, 0.15) is 0 Å². The first-order valence-electron chi connectivity index (χ1n) is 3.13. The molecule has 0 spiro atoms. The largest absolute Gasteiger partial charge is 0.270 e. The molecule has 0 bridgehead atoms. The smallest absolute Gasteiger partial charge is 0.258 e. The Morgan fingerprint density at radius 2 is 2.25 bits per heavy atom. The molecule has 12 heavy (non-hydrogen) atoms. The van der Waals surface area contributed by atoms with Crippen LogP contribution in [0.5, 0.6) is 0 Å². The number of hydrogen-bond donors (Lipinski definition) is 0. The number of nitrogens with zero attached hydrogens (tertiary/aromatic N) is 1. The number of rotatable bonds is 2. The van der Waals surface area contributed by atoms with Crippen molar-refractivity contribution >= 4 is 33.4 Å². The zero-order chi connectivity index (χ0) is 9.14. The van der Waals surface area contributed by atoms with Crippen molar-refractivity contribution in [3.63, 3.8) is 0 Å². The Hall–Kier alpha value is -0.550. The summed E-state index contributed by atoms with van der Waals surface area (Å²) in [5.41, 5.74) is 0.127. The van der Waals surface area contributed by atoms with Crippen LogP contribution in [0.15, 0.2) is 27.6 Å². The minimum atomic E-state index is -0.397. The van der Waals surface area contributed by atoms with E-state index in [9.17, 15) is 10.1 Å². The Morgan fingerprint density at radius 3 is 2.75 bits per heavy atom. The van der Waals surface area contributed by atoms with Gasteiger partial charge in [0.2, 0.25) is 0 Å². The molecule has 0 aliphatic rings. The molecule has 0 N–H and O–H groups in total. The van der Waals surface area contributed by atoms with E-state index in [0.717, 1.165) is 9.37 Å². The van der Waals surface area contributed by atoms with E-state index in [1.807, 2.05) is 6.26 Å². The summed E-state index contributed by atoms with van der Waals surface area (Å²) in [7, 11) is 0. The lowest BCUT2D eigenvalue weighted by Gasteiger charge is -1.98. The van der Waals surface area contributed by atoms with Crippen molar-refractivity contribution < 1.29 is 4.92 Å². The number of halogens is 1. The molecule has 1 rings (SSSR count). The molecule has 0 amide bonds. The fraction of sp³-hybridized carbons (Fsp3) is 0.143. The van der Waals surface area contributed by atoms with Crippen molar-refractivity contribution in [2.45, 2.75) is 4.90 Å². The van der Waals surface area contributed by atoms with E-state index < -0.39 is 4.92 Å². The van der Waals surface area contributed by atoms with Gasteiger partial charge in [-0.25, -0.2) is 0 Å². The van der Waals surface area contributed by atoms with Crippen LogP contribution in [0.4, 0.5) is 5.69 Å². The van der Waals surface area contributed by atoms with Gasteiger partial charge in [0.05, 0.1) is 4.92 Å². The minimum absolute atomic E-state index is 0.127. The summed E-state index contributed by atoms with van der Waals surface area (Å²) in [5.74, 6) is 0. The number of nitro groups is 1. The molecule has 1 aromatic rings. The van der Waals surface area contributed by atoms with Gasteiger partial charge in [0, 0.05) is 21.5 Å². The molecule has 0 saturated heterocycles. The first-order chi connectivity index (χ1) is 5.65. The molecule has 5 heteroatoms. The zero-order valence-electron chi connectivity index (χ0n) is 6.28. The fourth-order valence-corrected chi connectivity index (χ4v) is 2.00. The molecule has 1 aromatic carbocycles. The topological polar surface area (TPSA) is 43.1 Å². The van der Waals surface area contributed by atoms with Crippen molar-refractivity contribution in [1.82, 2.24) is 0 Å². The van der Waals surface area contributed by atoms with Gasteiger partial charge in [-0.05, 0) is 28.3 Å². The predicted octanol–water partition coefficient (Wildman–Crippen LogP) is 3.08. The van der Waals surface area contributed by atoms with Crippen LogP contribution in [-0.2, 0) is 0 Å². The third kappa shape index (κ3) is 1.98. The second-order valence-corrected chi connectivity index (χ2v) is 3.78. The summed E-state index contributed by atoms with van der Waals surface area (Å²) in [6.07, 6.45) is 1.88. The number of non-ortho nitro benzene ring substituents is 1. The first kappa shape index (κ1) is 9.54. The normalized spacial score (nSPS) is 9.83. The van der Waals surface area contributed by atoms with Gasteiger partial charge in [-0.15, -0.1) is 11.8 Å². The van der Waals surface area contributed by atoms with Crippen molar-refractivity contribution in [3.05, 3.63) is 32.8 Å². The Morgan fingerprint density at radius 1 is 1.58 bits per heavy atom. The van der Waals surface area contributed by atoms with Gasteiger partial charge < -0.3 is 0 Å². The summed E-state index contributed by atoms with van der Waals surface area (Å²) < 4.78 is 0.889. The minimum Gasteiger partial charge on any atom is -0.258 e. The first-order valence-corrected chi connectivity index (χ1v) is 5.15. The molecule has 0 radical (unpaired) electrons. The van der Waals surface area contributed by atoms with Crippen molar-refractivity contribution in [2.24, 2.45) is 0 Å². The molecule has 0 saturated carbocycles. The Kier molecular flexibility index (Phi) is 3.11. The second kappa shape index (κ2) is 3.91. The average Bonchev–Trinajstić information content (AvgIpc) is 2.05. The number of thioether (sulfide) groups is 1. The van der Waals surface area contributed by atoms with Crippen molar-refractivity contribution in [2.75, 3.05) is 6.26 Å². The molecule has 64 valence electrons. The fourth-order valence-electron chi connectivity index (χ4n) is 0.762. The quantitative estimate of drug-likeness (QED) is 0.459. The Balaban J connectivity index is 3.13. The van der Waals surface area contributed by atoms with Crippen LogP contribution in [0.25, 0.3) is 0 Å². The van der Waals surface area contributed by atoms with E-state index >= 15 is 0 Å². The van der Waals surface area contributed by atoms with E-state index in [0.29, 0.717) is 0 Å². The lowest BCUT2D eigenvalue weighted by Crippen LogP contribution is -1.87. The van der Waals surface area contributed by atoms with Crippen LogP contribution in [0.1, 0.15) is 0 Å². The van der Waals surface area contributed by atoms with Crippen LogP contribution in [-0.4, -0.2) is 11.2 Å². The highest BCUT2D eigenvalue weighted by molar-refractivity contribution is 9.10. The van der Waals surface area contributed by atoms with E-state index in [2.05, 4.69) is 15.9 Å². The van der Waals surface area contributed by atoms with Gasteiger partial charge in [-0.3, -0.25) is 10.1 Å². The van der Waals surface area contributed by atoms with Gasteiger partial charge in [-0.2, -0.15) is 0 Å². The zero-order valence-corrected chi connectivity index (χ0v) is 8.68. The summed E-state index contributed by atoms with van der Waals surface area (Å²) in [5, 5.41) is 10.4. The maximum absolute atomic E-state index is 10.4. The standard InChI is InChI=1S/C7H6BrNO2S/c1-12-7-4-5(9(10)11)2-3-6(7)8/h2-4H,1H3. The monoisotopic (exact) mass is 247 g/mol. The number of hydrogen-bond acceptors (Lipinski definition) is 3. The van der Waals surface area contributed by atoms with Gasteiger partial charge in [0.15, 0.2) is 0 Å². The van der Waals surface area contributed by atoms with Gasteiger partial charge >= 0.3 is 0 Å². The Labute approximate surface area is 82.4 Å². The maximum atomic E-state index is 10.4. The lowest BCUT2D eigenvalue weighted by molar-refractivity contribution is -0.385. The molecule has 0 atom stereocenters. The maximum Gasteiger partial charge on any atom is 0.270 e. The molecular weight excluding hydrogens is 242 g/mol. The van der Waals surface area contributed by atoms with E-state index in [1.165, 1.54) is 17.8 Å². The number of nitro benzene ring substituents is 1. The van der Waals surface area contributed by atoms with E-state index in [1.54, 1.807) is 12.1 Å². The molecule has 0 aromatic heterocycles. The SMILES string of the molecule is CSc1cc([N+](=O)[O-])ccc1Br. The van der Waals surface area contributed by atoms with Gasteiger partial charge in [0.25, 0.3) is 5.69 Å². The Bertz CT molecular complexity index is 316. The molecular formula is C7H6BrNO2S. The molecule has 0 fully saturated rings. The van der Waals surface area contributed by atoms with E-state index in [4.69, 9.17) is 0 Å². The van der Waals surface area contributed by atoms with Crippen LogP contribution in [0.2, 0.25) is 0 Å². The summed E-state index contributed by atoms with van der Waals surface area (Å²) in [6, 6.07) is 4.71. The lowest BCUT2D eigenvalue weighted by atomic mass is 10.3. The van der Waals surface area contributed by atoms with Crippen molar-refractivity contribution in [1.29, 1.82) is 0 Å². The third-order valence-electron chi connectivity index (χ3n) is 1.35. The highest BCUT2D eigenvalue weighted by Crippen LogP contribution is 2.29. The predicted molar refractivity (Wildman–Crippen MR) is 52.6 cm³/mol. The highest BCUT2D eigenvalue weighted by atomic mass is 79.9. The summed E-state index contributed by atoms with van der Waals surface area (Å²) in [4.78, 5) is 10.8. The van der Waals surface area contributed by atoms with Crippen LogP contribution in [0.3, 0.4) is 0 Å².